The van der Waals surface area contributed by atoms with Crippen molar-refractivity contribution < 1.29 is 22.7 Å². The van der Waals surface area contributed by atoms with Gasteiger partial charge < -0.3 is 15.4 Å². The van der Waals surface area contributed by atoms with Gasteiger partial charge >= 0.3 is 0 Å². The highest BCUT2D eigenvalue weighted by Gasteiger charge is 2.33. The molecule has 0 bridgehead atoms. The fourth-order valence-electron chi connectivity index (χ4n) is 5.16. The molecule has 13 heteroatoms. The number of hydrogen-bond donors (Lipinski definition) is 2. The van der Waals surface area contributed by atoms with Gasteiger partial charge in [0.25, 0.3) is 5.91 Å². The number of carbonyl (C=O) groups excluding carboxylic acids is 2. The number of carbonyl (C=O) groups is 2. The highest BCUT2D eigenvalue weighted by molar-refractivity contribution is 7.92. The van der Waals surface area contributed by atoms with Crippen LogP contribution >= 0.6 is 11.6 Å². The van der Waals surface area contributed by atoms with E-state index >= 15 is 0 Å². The van der Waals surface area contributed by atoms with Crippen LogP contribution in [-0.4, -0.2) is 94.2 Å². The minimum atomic E-state index is -3.66. The van der Waals surface area contributed by atoms with Gasteiger partial charge in [-0.3, -0.25) is 18.8 Å². The van der Waals surface area contributed by atoms with Gasteiger partial charge in [0.1, 0.15) is 11.7 Å². The standard InChI is InChI=1S/C28H35ClN6O5S/c1-30-28(37)26-22-15-21(18-5-6-18)24(16-23(22)32-35(26)20-9-7-19(29)8-10-20)34(41(3,38)39)12-4-11-31-27(36)25-17-40-14-13-33(25)2/h7-10,15-16,18,25H,4-6,11-14,17H2,1-3H3,(H,30,37)(H,31,36)/t25-/m1/s1. The average Bonchev–Trinajstić information content (AvgIpc) is 3.72. The molecule has 1 aliphatic carbocycles. The maximum Gasteiger partial charge on any atom is 0.270 e. The van der Waals surface area contributed by atoms with Crippen LogP contribution in [0.4, 0.5) is 5.69 Å². The predicted octanol–water partition coefficient (Wildman–Crippen LogP) is 2.52. The summed E-state index contributed by atoms with van der Waals surface area (Å²) in [7, 11) is -0.213. The molecule has 41 heavy (non-hydrogen) atoms. The van der Waals surface area contributed by atoms with Crippen LogP contribution in [0, 0.1) is 0 Å². The molecular weight excluding hydrogens is 568 g/mol. The van der Waals surface area contributed by atoms with Crippen molar-refractivity contribution in [3.8, 4) is 5.69 Å². The molecule has 1 saturated heterocycles. The summed E-state index contributed by atoms with van der Waals surface area (Å²) in [6, 6.07) is 10.3. The number of aromatic nitrogens is 2. The molecule has 2 fully saturated rings. The maximum absolute atomic E-state index is 13.1. The number of benzene rings is 2. The monoisotopic (exact) mass is 602 g/mol. The summed E-state index contributed by atoms with van der Waals surface area (Å²) in [5, 5.41) is 11.5. The van der Waals surface area contributed by atoms with E-state index in [9.17, 15) is 18.0 Å². The molecule has 2 heterocycles. The second kappa shape index (κ2) is 12.0. The van der Waals surface area contributed by atoms with Crippen molar-refractivity contribution in [2.75, 3.05) is 57.5 Å². The summed E-state index contributed by atoms with van der Waals surface area (Å²) in [4.78, 5) is 27.6. The first-order chi connectivity index (χ1) is 19.6. The molecule has 11 nitrogen and oxygen atoms in total. The van der Waals surface area contributed by atoms with Crippen LogP contribution < -0.4 is 14.9 Å². The lowest BCUT2D eigenvalue weighted by molar-refractivity contribution is -0.131. The number of anilines is 1. The molecule has 0 radical (unpaired) electrons. The quantitative estimate of drug-likeness (QED) is 0.342. The molecule has 1 aliphatic heterocycles. The number of morpholine rings is 1. The van der Waals surface area contributed by atoms with E-state index in [1.54, 1.807) is 42.1 Å². The summed E-state index contributed by atoms with van der Waals surface area (Å²) in [6.45, 7) is 2.12. The summed E-state index contributed by atoms with van der Waals surface area (Å²) < 4.78 is 34.5. The zero-order chi connectivity index (χ0) is 29.3. The predicted molar refractivity (Wildman–Crippen MR) is 158 cm³/mol. The Kier molecular flexibility index (Phi) is 8.55. The fraction of sp³-hybridized carbons (Fsp3) is 0.464. The highest BCUT2D eigenvalue weighted by Crippen LogP contribution is 2.46. The molecule has 220 valence electrons. The number of halogens is 1. The molecule has 1 atom stereocenters. The molecule has 2 amide bonds. The van der Waals surface area contributed by atoms with Crippen LogP contribution in [0.1, 0.15) is 41.2 Å². The lowest BCUT2D eigenvalue weighted by Crippen LogP contribution is -2.52. The van der Waals surface area contributed by atoms with Crippen molar-refractivity contribution >= 4 is 50.0 Å². The number of sulfonamides is 1. The molecule has 0 spiro atoms. The van der Waals surface area contributed by atoms with E-state index in [0.29, 0.717) is 65.7 Å². The Morgan fingerprint density at radius 3 is 2.56 bits per heavy atom. The van der Waals surface area contributed by atoms with Crippen molar-refractivity contribution in [2.24, 2.45) is 0 Å². The van der Waals surface area contributed by atoms with Crippen molar-refractivity contribution in [1.82, 2.24) is 25.3 Å². The molecule has 5 rings (SSSR count). The van der Waals surface area contributed by atoms with E-state index in [1.165, 1.54) is 10.6 Å². The van der Waals surface area contributed by atoms with E-state index in [-0.39, 0.29) is 30.3 Å². The van der Waals surface area contributed by atoms with Gasteiger partial charge in [-0.05, 0) is 74.2 Å². The van der Waals surface area contributed by atoms with Gasteiger partial charge in [0.05, 0.1) is 36.4 Å². The van der Waals surface area contributed by atoms with Crippen LogP contribution in [-0.2, 0) is 19.6 Å². The Balaban J connectivity index is 1.46. The lowest BCUT2D eigenvalue weighted by Gasteiger charge is -2.31. The van der Waals surface area contributed by atoms with Crippen LogP contribution in [0.2, 0.25) is 5.02 Å². The minimum Gasteiger partial charge on any atom is -0.378 e. The molecule has 2 aromatic carbocycles. The highest BCUT2D eigenvalue weighted by atomic mass is 35.5. The SMILES string of the molecule is CNC(=O)c1c2cc(C3CC3)c(N(CCCNC(=O)[C@H]3COCCN3C)S(C)(=O)=O)cc2nn1-c1ccc(Cl)cc1. The van der Waals surface area contributed by atoms with Crippen molar-refractivity contribution in [3.63, 3.8) is 0 Å². The fourth-order valence-corrected chi connectivity index (χ4v) is 6.26. The first kappa shape index (κ1) is 29.3. The van der Waals surface area contributed by atoms with Crippen LogP contribution in [0.5, 0.6) is 0 Å². The smallest absolute Gasteiger partial charge is 0.270 e. The molecule has 0 unspecified atom stereocenters. The average molecular weight is 603 g/mol. The first-order valence-electron chi connectivity index (χ1n) is 13.7. The van der Waals surface area contributed by atoms with Crippen LogP contribution in [0.3, 0.4) is 0 Å². The number of ether oxygens (including phenoxy) is 1. The van der Waals surface area contributed by atoms with Gasteiger partial charge in [0, 0.05) is 37.1 Å². The molecule has 2 aliphatic rings. The van der Waals surface area contributed by atoms with Crippen molar-refractivity contribution in [1.29, 1.82) is 0 Å². The first-order valence-corrected chi connectivity index (χ1v) is 15.9. The molecule has 3 aromatic rings. The molecular formula is C28H35ClN6O5S. The Hall–Kier alpha value is -3.19. The van der Waals surface area contributed by atoms with Crippen molar-refractivity contribution in [3.05, 3.63) is 52.7 Å². The number of nitrogens with zero attached hydrogens (tertiary/aromatic N) is 4. The van der Waals surface area contributed by atoms with Gasteiger partial charge in [-0.15, -0.1) is 0 Å². The van der Waals surface area contributed by atoms with E-state index < -0.39 is 10.0 Å². The van der Waals surface area contributed by atoms with Gasteiger partial charge in [-0.1, -0.05) is 11.6 Å². The van der Waals surface area contributed by atoms with E-state index in [0.717, 1.165) is 18.4 Å². The van der Waals surface area contributed by atoms with E-state index in [1.807, 2.05) is 18.0 Å². The maximum atomic E-state index is 13.1. The number of fused-ring (bicyclic) bond motifs is 1. The Morgan fingerprint density at radius 2 is 1.93 bits per heavy atom. The lowest BCUT2D eigenvalue weighted by atomic mass is 10.0. The Morgan fingerprint density at radius 1 is 1.20 bits per heavy atom. The largest absolute Gasteiger partial charge is 0.378 e. The van der Waals surface area contributed by atoms with Gasteiger partial charge in [0.2, 0.25) is 15.9 Å². The third kappa shape index (κ3) is 6.35. The summed E-state index contributed by atoms with van der Waals surface area (Å²) >= 11 is 6.08. The van der Waals surface area contributed by atoms with E-state index in [4.69, 9.17) is 21.4 Å². The second-order valence-corrected chi connectivity index (χ2v) is 12.9. The zero-order valence-electron chi connectivity index (χ0n) is 23.4. The van der Waals surface area contributed by atoms with Gasteiger partial charge in [-0.2, -0.15) is 5.10 Å². The molecule has 1 aromatic heterocycles. The number of likely N-dealkylation sites (N-methyl/N-ethyl adjacent to an activating group) is 1. The number of nitrogens with one attached hydrogen (secondary N) is 2. The Bertz CT molecular complexity index is 1550. The third-order valence-electron chi connectivity index (χ3n) is 7.56. The second-order valence-electron chi connectivity index (χ2n) is 10.6. The molecule has 2 N–H and O–H groups in total. The number of rotatable bonds is 10. The normalized spacial score (nSPS) is 17.9. The van der Waals surface area contributed by atoms with Crippen LogP contribution in [0.25, 0.3) is 16.6 Å². The zero-order valence-corrected chi connectivity index (χ0v) is 25.0. The van der Waals surface area contributed by atoms with Gasteiger partial charge in [0.15, 0.2) is 0 Å². The number of hydrogen-bond acceptors (Lipinski definition) is 7. The van der Waals surface area contributed by atoms with Gasteiger partial charge in [-0.25, -0.2) is 13.1 Å². The molecule has 1 saturated carbocycles. The van der Waals surface area contributed by atoms with Crippen LogP contribution in [0.15, 0.2) is 36.4 Å². The Labute approximate surface area is 244 Å². The number of amides is 2. The van der Waals surface area contributed by atoms with Crippen molar-refractivity contribution in [2.45, 2.75) is 31.2 Å². The minimum absolute atomic E-state index is 0.132. The third-order valence-corrected chi connectivity index (χ3v) is 8.99. The summed E-state index contributed by atoms with van der Waals surface area (Å²) in [5.41, 5.74) is 2.94. The summed E-state index contributed by atoms with van der Waals surface area (Å²) in [6.07, 6.45) is 3.47. The topological polar surface area (TPSA) is 126 Å². The summed E-state index contributed by atoms with van der Waals surface area (Å²) in [5.74, 6) is -0.244. The van der Waals surface area contributed by atoms with E-state index in [2.05, 4.69) is 10.6 Å².